The number of halogens is 1. The van der Waals surface area contributed by atoms with Crippen LogP contribution in [0.5, 0.6) is 0 Å². The average molecular weight is 306 g/mol. The minimum Gasteiger partial charge on any atom is -0.325 e. The zero-order valence-electron chi connectivity index (χ0n) is 10.4. The first-order valence-corrected chi connectivity index (χ1v) is 7.14. The molecule has 1 aliphatic rings. The predicted octanol–water partition coefficient (Wildman–Crippen LogP) is 2.98. The molecule has 3 rings (SSSR count). The maximum atomic E-state index is 4.66. The molecule has 0 saturated carbocycles. The molecule has 2 aromatic rings. The van der Waals surface area contributed by atoms with Crippen molar-refractivity contribution in [3.63, 3.8) is 0 Å². The van der Waals surface area contributed by atoms with Crippen molar-refractivity contribution in [2.24, 2.45) is 0 Å². The largest absolute Gasteiger partial charge is 0.325 e. The van der Waals surface area contributed by atoms with Gasteiger partial charge in [-0.05, 0) is 27.9 Å². The standard InChI is InChI=1S/C14H16BrN3/c1-2-10-3-5-11(6-4-10)14-17-13(15)12-9-16-7-8-18(12)14/h3-6,16H,2,7-9H2,1H3. The minimum atomic E-state index is 0.890. The highest BCUT2D eigenvalue weighted by Crippen LogP contribution is 2.27. The molecule has 0 unspecified atom stereocenters. The molecule has 1 aromatic carbocycles. The Bertz CT molecular complexity index is 557. The second kappa shape index (κ2) is 4.86. The number of imidazole rings is 1. The van der Waals surface area contributed by atoms with Crippen LogP contribution in [0.25, 0.3) is 11.4 Å². The molecule has 94 valence electrons. The molecule has 4 heteroatoms. The molecule has 2 heterocycles. The normalized spacial score (nSPS) is 14.6. The van der Waals surface area contributed by atoms with Crippen LogP contribution in [-0.4, -0.2) is 16.1 Å². The lowest BCUT2D eigenvalue weighted by Gasteiger charge is -2.18. The van der Waals surface area contributed by atoms with Gasteiger partial charge in [-0.25, -0.2) is 4.98 Å². The third kappa shape index (κ3) is 1.99. The number of aryl methyl sites for hydroxylation is 1. The average Bonchev–Trinajstić information content (AvgIpc) is 2.77. The van der Waals surface area contributed by atoms with E-state index >= 15 is 0 Å². The topological polar surface area (TPSA) is 29.9 Å². The number of aromatic nitrogens is 2. The summed E-state index contributed by atoms with van der Waals surface area (Å²) in [7, 11) is 0. The molecule has 3 nitrogen and oxygen atoms in total. The van der Waals surface area contributed by atoms with Crippen molar-refractivity contribution < 1.29 is 0 Å². The maximum Gasteiger partial charge on any atom is 0.141 e. The second-order valence-electron chi connectivity index (χ2n) is 4.55. The van der Waals surface area contributed by atoms with Crippen molar-refractivity contribution in [2.45, 2.75) is 26.4 Å². The Balaban J connectivity index is 2.05. The van der Waals surface area contributed by atoms with Crippen LogP contribution < -0.4 is 5.32 Å². The van der Waals surface area contributed by atoms with Crippen LogP contribution in [-0.2, 0) is 19.5 Å². The lowest BCUT2D eigenvalue weighted by molar-refractivity contribution is 0.518. The van der Waals surface area contributed by atoms with E-state index in [1.807, 2.05) is 0 Å². The monoisotopic (exact) mass is 305 g/mol. The number of hydrogen-bond donors (Lipinski definition) is 1. The second-order valence-corrected chi connectivity index (χ2v) is 5.30. The molecule has 0 amide bonds. The summed E-state index contributed by atoms with van der Waals surface area (Å²) in [6.07, 6.45) is 1.08. The molecule has 18 heavy (non-hydrogen) atoms. The Hall–Kier alpha value is -1.13. The van der Waals surface area contributed by atoms with Crippen LogP contribution in [0, 0.1) is 0 Å². The number of benzene rings is 1. The molecule has 0 atom stereocenters. The summed E-state index contributed by atoms with van der Waals surface area (Å²) in [6.45, 7) is 5.06. The summed E-state index contributed by atoms with van der Waals surface area (Å²) in [5.41, 5.74) is 3.81. The van der Waals surface area contributed by atoms with Gasteiger partial charge in [0.2, 0.25) is 0 Å². The summed E-state index contributed by atoms with van der Waals surface area (Å²) in [5, 5.41) is 3.37. The van der Waals surface area contributed by atoms with Gasteiger partial charge in [0.1, 0.15) is 10.4 Å². The van der Waals surface area contributed by atoms with Crippen LogP contribution in [0.15, 0.2) is 28.9 Å². The first-order chi connectivity index (χ1) is 8.79. The summed E-state index contributed by atoms with van der Waals surface area (Å²) in [6, 6.07) is 8.71. The van der Waals surface area contributed by atoms with Crippen molar-refractivity contribution in [3.8, 4) is 11.4 Å². The third-order valence-corrected chi connectivity index (χ3v) is 4.08. The first kappa shape index (κ1) is 11.9. The summed E-state index contributed by atoms with van der Waals surface area (Å²) in [5.74, 6) is 1.07. The van der Waals surface area contributed by atoms with Gasteiger partial charge in [-0.15, -0.1) is 0 Å². The number of nitrogens with zero attached hydrogens (tertiary/aromatic N) is 2. The van der Waals surface area contributed by atoms with Crippen LogP contribution in [0.1, 0.15) is 18.2 Å². The molecule has 0 bridgehead atoms. The fourth-order valence-electron chi connectivity index (χ4n) is 2.37. The van der Waals surface area contributed by atoms with Gasteiger partial charge in [0.15, 0.2) is 0 Å². The van der Waals surface area contributed by atoms with Gasteiger partial charge < -0.3 is 9.88 Å². The van der Waals surface area contributed by atoms with E-state index in [0.29, 0.717) is 0 Å². The SMILES string of the molecule is CCc1ccc(-c2nc(Br)c3n2CCNC3)cc1. The van der Waals surface area contributed by atoms with E-state index in [1.54, 1.807) is 0 Å². The van der Waals surface area contributed by atoms with Gasteiger partial charge in [-0.2, -0.15) is 0 Å². The van der Waals surface area contributed by atoms with Gasteiger partial charge >= 0.3 is 0 Å². The fourth-order valence-corrected chi connectivity index (χ4v) is 2.90. The Labute approximate surface area is 115 Å². The molecular formula is C14H16BrN3. The molecule has 1 aromatic heterocycles. The van der Waals surface area contributed by atoms with Gasteiger partial charge in [0.25, 0.3) is 0 Å². The van der Waals surface area contributed by atoms with E-state index in [0.717, 1.165) is 36.5 Å². The van der Waals surface area contributed by atoms with Crippen molar-refractivity contribution in [2.75, 3.05) is 6.54 Å². The molecule has 0 aliphatic carbocycles. The third-order valence-electron chi connectivity index (χ3n) is 3.45. The highest BCUT2D eigenvalue weighted by Gasteiger charge is 2.18. The van der Waals surface area contributed by atoms with E-state index in [9.17, 15) is 0 Å². The Kier molecular flexibility index (Phi) is 3.22. The van der Waals surface area contributed by atoms with E-state index in [-0.39, 0.29) is 0 Å². The quantitative estimate of drug-likeness (QED) is 0.924. The Morgan fingerprint density at radius 2 is 2.11 bits per heavy atom. The number of nitrogens with one attached hydrogen (secondary N) is 1. The van der Waals surface area contributed by atoms with Crippen LogP contribution in [0.3, 0.4) is 0 Å². The highest BCUT2D eigenvalue weighted by molar-refractivity contribution is 9.10. The van der Waals surface area contributed by atoms with Crippen molar-refractivity contribution in [1.29, 1.82) is 0 Å². The molecule has 0 radical (unpaired) electrons. The Morgan fingerprint density at radius 3 is 2.83 bits per heavy atom. The highest BCUT2D eigenvalue weighted by atomic mass is 79.9. The number of hydrogen-bond acceptors (Lipinski definition) is 2. The zero-order chi connectivity index (χ0) is 12.5. The van der Waals surface area contributed by atoms with E-state index in [4.69, 9.17) is 0 Å². The predicted molar refractivity (Wildman–Crippen MR) is 76.4 cm³/mol. The van der Waals surface area contributed by atoms with Crippen molar-refractivity contribution in [3.05, 3.63) is 40.1 Å². The molecular weight excluding hydrogens is 290 g/mol. The molecule has 1 aliphatic heterocycles. The summed E-state index contributed by atoms with van der Waals surface area (Å²) >= 11 is 3.56. The van der Waals surface area contributed by atoms with E-state index in [1.165, 1.54) is 16.8 Å². The van der Waals surface area contributed by atoms with Gasteiger partial charge in [0, 0.05) is 25.2 Å². The van der Waals surface area contributed by atoms with Crippen LogP contribution >= 0.6 is 15.9 Å². The van der Waals surface area contributed by atoms with Gasteiger partial charge in [0.05, 0.1) is 5.69 Å². The van der Waals surface area contributed by atoms with Gasteiger partial charge in [-0.3, -0.25) is 0 Å². The van der Waals surface area contributed by atoms with Crippen LogP contribution in [0.2, 0.25) is 0 Å². The number of fused-ring (bicyclic) bond motifs is 1. The number of rotatable bonds is 2. The molecule has 1 N–H and O–H groups in total. The molecule has 0 fully saturated rings. The summed E-state index contributed by atoms with van der Waals surface area (Å²) in [4.78, 5) is 4.66. The Morgan fingerprint density at radius 1 is 1.33 bits per heavy atom. The smallest absolute Gasteiger partial charge is 0.141 e. The maximum absolute atomic E-state index is 4.66. The first-order valence-electron chi connectivity index (χ1n) is 6.34. The van der Waals surface area contributed by atoms with E-state index in [2.05, 4.69) is 62.0 Å². The molecule has 0 saturated heterocycles. The zero-order valence-corrected chi connectivity index (χ0v) is 12.0. The molecule has 0 spiro atoms. The van der Waals surface area contributed by atoms with Crippen molar-refractivity contribution in [1.82, 2.24) is 14.9 Å². The fraction of sp³-hybridized carbons (Fsp3) is 0.357. The van der Waals surface area contributed by atoms with Gasteiger partial charge in [-0.1, -0.05) is 31.2 Å². The van der Waals surface area contributed by atoms with Crippen molar-refractivity contribution >= 4 is 15.9 Å². The van der Waals surface area contributed by atoms with Crippen LogP contribution in [0.4, 0.5) is 0 Å². The minimum absolute atomic E-state index is 0.890. The lowest BCUT2D eigenvalue weighted by atomic mass is 10.1. The lowest BCUT2D eigenvalue weighted by Crippen LogP contribution is -2.28. The van der Waals surface area contributed by atoms with E-state index < -0.39 is 0 Å². The summed E-state index contributed by atoms with van der Waals surface area (Å²) < 4.78 is 3.27.